The van der Waals surface area contributed by atoms with Crippen LogP contribution in [0.15, 0.2) is 36.5 Å². The van der Waals surface area contributed by atoms with Crippen molar-refractivity contribution in [1.82, 2.24) is 9.78 Å². The van der Waals surface area contributed by atoms with Crippen LogP contribution in [-0.4, -0.2) is 20.9 Å². The minimum Gasteiger partial charge on any atom is -0.293 e. The third-order valence-corrected chi connectivity index (χ3v) is 3.20. The smallest absolute Gasteiger partial charge is 0.176 e. The summed E-state index contributed by atoms with van der Waals surface area (Å²) < 4.78 is 1.64. The number of Topliss-reactive ketones (excluding diaryl/α,β-unsaturated/α-hetero) is 1. The molecule has 19 heavy (non-hydrogen) atoms. The Morgan fingerprint density at radius 2 is 1.95 bits per heavy atom. The molecule has 0 N–H and O–H groups in total. The average molecular weight is 323 g/mol. The molecule has 0 atom stereocenters. The number of benzene rings is 1. The van der Waals surface area contributed by atoms with Crippen LogP contribution in [0.4, 0.5) is 0 Å². The molecule has 0 unspecified atom stereocenters. The predicted octanol–water partition coefficient (Wildman–Crippen LogP) is 3.56. The molecule has 102 valence electrons. The van der Waals surface area contributed by atoms with Crippen molar-refractivity contribution >= 4 is 21.7 Å². The molecule has 2 aromatic rings. The molecule has 0 radical (unpaired) electrons. The largest absolute Gasteiger partial charge is 0.293 e. The van der Waals surface area contributed by atoms with Crippen LogP contribution >= 0.6 is 15.9 Å². The summed E-state index contributed by atoms with van der Waals surface area (Å²) in [6.45, 7) is 3.99. The Bertz CT molecular complexity index is 520. The van der Waals surface area contributed by atoms with Gasteiger partial charge in [0.15, 0.2) is 5.78 Å². The van der Waals surface area contributed by atoms with Gasteiger partial charge >= 0.3 is 0 Å². The normalized spacial score (nSPS) is 9.68. The molecule has 4 heteroatoms. The van der Waals surface area contributed by atoms with Gasteiger partial charge in [-0.2, -0.15) is 5.10 Å². The Hall–Kier alpha value is -1.42. The summed E-state index contributed by atoms with van der Waals surface area (Å²) in [7, 11) is 1.80. The maximum Gasteiger partial charge on any atom is 0.176 e. The van der Waals surface area contributed by atoms with E-state index in [0.29, 0.717) is 10.9 Å². The van der Waals surface area contributed by atoms with Gasteiger partial charge in [0.05, 0.1) is 16.6 Å². The van der Waals surface area contributed by atoms with Crippen molar-refractivity contribution in [3.8, 4) is 0 Å². The number of aromatic nitrogens is 2. The fraction of sp³-hybridized carbons (Fsp3) is 0.333. The highest BCUT2D eigenvalue weighted by Gasteiger charge is 2.09. The van der Waals surface area contributed by atoms with Crippen LogP contribution in [-0.2, 0) is 13.5 Å². The number of hydrogen-bond donors (Lipinski definition) is 0. The number of carbonyl (C=O) groups is 1. The molecular formula is C15H19BrN2O. The molecule has 0 aliphatic rings. The summed E-state index contributed by atoms with van der Waals surface area (Å²) in [5.74, 6) is 0.0793. The molecule has 0 amide bonds. The van der Waals surface area contributed by atoms with Gasteiger partial charge in [-0.05, 0) is 18.9 Å². The quantitative estimate of drug-likeness (QED) is 0.639. The number of nitrogens with zero attached hydrogens (tertiary/aromatic N) is 2. The number of rotatable bonds is 3. The lowest BCUT2D eigenvalue weighted by molar-refractivity contribution is 0.102. The van der Waals surface area contributed by atoms with Crippen LogP contribution < -0.4 is 0 Å². The Morgan fingerprint density at radius 3 is 2.32 bits per heavy atom. The molecule has 1 aromatic heterocycles. The Balaban J connectivity index is 0.000000200. The first-order valence-electron chi connectivity index (χ1n) is 6.21. The van der Waals surface area contributed by atoms with E-state index in [1.165, 1.54) is 5.56 Å². The molecule has 0 bridgehead atoms. The van der Waals surface area contributed by atoms with Gasteiger partial charge in [-0.25, -0.2) is 0 Å². The van der Waals surface area contributed by atoms with E-state index in [1.54, 1.807) is 17.9 Å². The molecule has 0 saturated heterocycles. The molecule has 1 heterocycles. The Labute approximate surface area is 122 Å². The van der Waals surface area contributed by atoms with Crippen LogP contribution in [0.2, 0.25) is 0 Å². The monoisotopic (exact) mass is 322 g/mol. The van der Waals surface area contributed by atoms with Crippen LogP contribution in [0.25, 0.3) is 0 Å². The minimum atomic E-state index is 0.0793. The fourth-order valence-electron chi connectivity index (χ4n) is 1.66. The average Bonchev–Trinajstić information content (AvgIpc) is 2.78. The lowest BCUT2D eigenvalue weighted by atomic mass is 10.2. The number of aryl methyl sites for hydroxylation is 3. The maximum atomic E-state index is 11.1. The number of halogens is 1. The lowest BCUT2D eigenvalue weighted by Gasteiger charge is -1.89. The van der Waals surface area contributed by atoms with Gasteiger partial charge in [0.1, 0.15) is 0 Å². The Kier molecular flexibility index (Phi) is 6.50. The molecule has 0 saturated carbocycles. The van der Waals surface area contributed by atoms with Gasteiger partial charge in [0, 0.05) is 13.2 Å². The van der Waals surface area contributed by atoms with Crippen LogP contribution in [0, 0.1) is 6.92 Å². The van der Waals surface area contributed by atoms with Gasteiger partial charge in [0.25, 0.3) is 0 Å². The van der Waals surface area contributed by atoms with Crippen molar-refractivity contribution in [2.24, 2.45) is 7.05 Å². The van der Waals surface area contributed by atoms with Gasteiger partial charge in [-0.3, -0.25) is 9.48 Å². The molecule has 0 aliphatic carbocycles. The number of ketones is 1. The summed E-state index contributed by atoms with van der Waals surface area (Å²) in [5, 5.41) is 4.42. The van der Waals surface area contributed by atoms with E-state index in [1.807, 2.05) is 13.0 Å². The molecule has 0 spiro atoms. The molecule has 1 aromatic carbocycles. The highest BCUT2D eigenvalue weighted by molar-refractivity contribution is 9.09. The van der Waals surface area contributed by atoms with E-state index < -0.39 is 0 Å². The van der Waals surface area contributed by atoms with Crippen molar-refractivity contribution in [2.75, 3.05) is 5.33 Å². The van der Waals surface area contributed by atoms with Gasteiger partial charge < -0.3 is 0 Å². The number of alkyl halides is 1. The van der Waals surface area contributed by atoms with Gasteiger partial charge in [-0.1, -0.05) is 53.2 Å². The van der Waals surface area contributed by atoms with E-state index in [4.69, 9.17) is 0 Å². The zero-order chi connectivity index (χ0) is 14.3. The van der Waals surface area contributed by atoms with Gasteiger partial charge in [-0.15, -0.1) is 0 Å². The zero-order valence-corrected chi connectivity index (χ0v) is 13.1. The first-order chi connectivity index (χ1) is 9.08. The fourth-order valence-corrected chi connectivity index (χ4v) is 1.96. The molecular weight excluding hydrogens is 304 g/mol. The van der Waals surface area contributed by atoms with E-state index in [0.717, 1.165) is 12.1 Å². The van der Waals surface area contributed by atoms with Crippen molar-refractivity contribution in [2.45, 2.75) is 20.3 Å². The Morgan fingerprint density at radius 1 is 1.32 bits per heavy atom. The molecule has 2 rings (SSSR count). The molecule has 0 aliphatic heterocycles. The second-order valence-electron chi connectivity index (χ2n) is 4.20. The standard InChI is InChI=1S/C8H10.C7H9BrN2O/c1-2-8-6-4-3-5-7-8;1-5-6(7(11)3-8)4-10(2)9-5/h3-7H,2H2,1H3;4H,3H2,1-2H3. The second-order valence-corrected chi connectivity index (χ2v) is 4.76. The van der Waals surface area contributed by atoms with E-state index in [2.05, 4.69) is 52.2 Å². The summed E-state index contributed by atoms with van der Waals surface area (Å²) in [5.41, 5.74) is 2.90. The summed E-state index contributed by atoms with van der Waals surface area (Å²) in [6.07, 6.45) is 2.87. The van der Waals surface area contributed by atoms with Crippen LogP contribution in [0.1, 0.15) is 28.5 Å². The summed E-state index contributed by atoms with van der Waals surface area (Å²) >= 11 is 3.11. The van der Waals surface area contributed by atoms with Crippen molar-refractivity contribution in [1.29, 1.82) is 0 Å². The summed E-state index contributed by atoms with van der Waals surface area (Å²) in [4.78, 5) is 11.1. The number of carbonyl (C=O) groups excluding carboxylic acids is 1. The minimum absolute atomic E-state index is 0.0793. The summed E-state index contributed by atoms with van der Waals surface area (Å²) in [6, 6.07) is 10.5. The maximum absolute atomic E-state index is 11.1. The van der Waals surface area contributed by atoms with Crippen LogP contribution in [0.5, 0.6) is 0 Å². The van der Waals surface area contributed by atoms with Crippen molar-refractivity contribution < 1.29 is 4.79 Å². The first kappa shape index (κ1) is 15.6. The highest BCUT2D eigenvalue weighted by Crippen LogP contribution is 2.06. The third kappa shape index (κ3) is 4.99. The predicted molar refractivity (Wildman–Crippen MR) is 81.9 cm³/mol. The van der Waals surface area contributed by atoms with E-state index in [-0.39, 0.29) is 5.78 Å². The first-order valence-corrected chi connectivity index (χ1v) is 7.34. The molecule has 0 fully saturated rings. The topological polar surface area (TPSA) is 34.9 Å². The lowest BCUT2D eigenvalue weighted by Crippen LogP contribution is -1.99. The van der Waals surface area contributed by atoms with Crippen molar-refractivity contribution in [3.05, 3.63) is 53.3 Å². The van der Waals surface area contributed by atoms with E-state index in [9.17, 15) is 4.79 Å². The third-order valence-electron chi connectivity index (χ3n) is 2.69. The van der Waals surface area contributed by atoms with E-state index >= 15 is 0 Å². The molecule has 3 nitrogen and oxygen atoms in total. The number of hydrogen-bond acceptors (Lipinski definition) is 2. The van der Waals surface area contributed by atoms with Crippen LogP contribution in [0.3, 0.4) is 0 Å². The zero-order valence-electron chi connectivity index (χ0n) is 11.6. The second kappa shape index (κ2) is 7.89. The SMILES string of the molecule is CCc1ccccc1.Cc1nn(C)cc1C(=O)CBr. The van der Waals surface area contributed by atoms with Crippen molar-refractivity contribution in [3.63, 3.8) is 0 Å². The highest BCUT2D eigenvalue weighted by atomic mass is 79.9. The van der Waals surface area contributed by atoms with Gasteiger partial charge in [0.2, 0.25) is 0 Å².